The average Bonchev–Trinajstić information content (AvgIpc) is 1.51. The topological polar surface area (TPSA) is 559 Å². The molecule has 784 valence electrons. The summed E-state index contributed by atoms with van der Waals surface area (Å²) < 4.78 is 108. The zero-order valence-electron chi connectivity index (χ0n) is 83.5. The number of hydrogen-bond acceptors (Lipinski definition) is 42. The van der Waals surface area contributed by atoms with E-state index in [0.29, 0.717) is 98.4 Å². The van der Waals surface area contributed by atoms with Crippen molar-refractivity contribution in [3.05, 3.63) is 97.2 Å². The molecule has 11 saturated heterocycles. The molecule has 0 aromatic rings. The summed E-state index contributed by atoms with van der Waals surface area (Å²) in [5.74, 6) is -12.2. The van der Waals surface area contributed by atoms with Gasteiger partial charge in [0.15, 0.2) is 29.8 Å². The predicted molar refractivity (Wildman–Crippen MR) is 484 cm³/mol. The number of ether oxygens (including phenoxy) is 21. The van der Waals surface area contributed by atoms with Gasteiger partial charge in [-0.05, 0) is 141 Å². The molecule has 0 aromatic heterocycles. The highest BCUT2D eigenvalue weighted by Gasteiger charge is 2.76. The largest absolute Gasteiger partial charge is 0.469 e. The Kier molecular flexibility index (Phi) is 33.8. The number of cyclic esters (lactones) is 4. The van der Waals surface area contributed by atoms with Crippen LogP contribution in [0.3, 0.4) is 0 Å². The number of carbonyl (C=O) groups excluding carboxylic acids is 20. The summed E-state index contributed by atoms with van der Waals surface area (Å²) in [6.07, 6.45) is 2.99. The van der Waals surface area contributed by atoms with Crippen molar-refractivity contribution in [3.8, 4) is 6.07 Å². The molecule has 144 heavy (non-hydrogen) atoms. The molecule has 11 aliphatic heterocycles. The number of nitrogens with zero attached hydrogens (tertiary/aromatic N) is 1. The van der Waals surface area contributed by atoms with Crippen LogP contribution in [0.5, 0.6) is 0 Å². The van der Waals surface area contributed by atoms with E-state index >= 15 is 0 Å². The third-order valence-corrected chi connectivity index (χ3v) is 29.9. The van der Waals surface area contributed by atoms with Crippen LogP contribution in [0.1, 0.15) is 180 Å². The van der Waals surface area contributed by atoms with E-state index in [9.17, 15) is 101 Å². The zero-order valence-corrected chi connectivity index (χ0v) is 83.5. The van der Waals surface area contributed by atoms with Crippen LogP contribution in [-0.4, -0.2) is 256 Å². The molecule has 0 amide bonds. The van der Waals surface area contributed by atoms with Crippen molar-refractivity contribution >= 4 is 119 Å². The lowest BCUT2D eigenvalue weighted by Crippen LogP contribution is -2.48. The van der Waals surface area contributed by atoms with Gasteiger partial charge in [0.05, 0.1) is 82.0 Å². The Labute approximate surface area is 830 Å². The summed E-state index contributed by atoms with van der Waals surface area (Å²) in [6.45, 7) is 50.6. The van der Waals surface area contributed by atoms with Gasteiger partial charge in [0.2, 0.25) is 0 Å². The van der Waals surface area contributed by atoms with Gasteiger partial charge in [-0.2, -0.15) is 5.26 Å². The lowest BCUT2D eigenvalue weighted by atomic mass is 9.65. The molecule has 31 atom stereocenters. The minimum Gasteiger partial charge on any atom is -0.469 e. The minimum absolute atomic E-state index is 0.0455. The van der Waals surface area contributed by atoms with Gasteiger partial charge >= 0.3 is 119 Å². The first-order valence-corrected chi connectivity index (χ1v) is 47.3. The number of methoxy groups -OCH3 is 2. The fourth-order valence-electron chi connectivity index (χ4n) is 22.1. The van der Waals surface area contributed by atoms with Crippen LogP contribution >= 0.6 is 0 Å². The van der Waals surface area contributed by atoms with Crippen molar-refractivity contribution in [1.82, 2.24) is 0 Å². The van der Waals surface area contributed by atoms with Gasteiger partial charge in [0.1, 0.15) is 90.2 Å². The van der Waals surface area contributed by atoms with Gasteiger partial charge in [-0.15, -0.1) is 0 Å². The third-order valence-electron chi connectivity index (χ3n) is 29.9. The molecule has 0 spiro atoms. The first-order chi connectivity index (χ1) is 67.2. The van der Waals surface area contributed by atoms with E-state index in [2.05, 4.69) is 58.7 Å². The molecular formula is C102H125NO41. The summed E-state index contributed by atoms with van der Waals surface area (Å²) in [4.78, 5) is 232. The highest BCUT2D eigenvalue weighted by molar-refractivity contribution is 5.94. The van der Waals surface area contributed by atoms with E-state index in [1.807, 2.05) is 6.92 Å². The molecule has 19 fully saturated rings. The van der Waals surface area contributed by atoms with E-state index in [-0.39, 0.29) is 162 Å². The number of rotatable bonds is 23. The first-order valence-electron chi connectivity index (χ1n) is 47.3. The number of nitriles is 1. The van der Waals surface area contributed by atoms with Crippen LogP contribution in [0, 0.1) is 105 Å². The Morgan fingerprint density at radius 3 is 1.46 bits per heavy atom. The quantitative estimate of drug-likeness (QED) is 0.0553. The Morgan fingerprint density at radius 2 is 0.951 bits per heavy atom. The molecule has 0 aromatic carbocycles. The molecule has 19 rings (SSSR count). The summed E-state index contributed by atoms with van der Waals surface area (Å²) >= 11 is 0. The summed E-state index contributed by atoms with van der Waals surface area (Å²) in [5, 5.41) is 9.28. The molecule has 42 nitrogen and oxygen atoms in total. The molecular weight excluding hydrogens is 1900 g/mol. The van der Waals surface area contributed by atoms with Gasteiger partial charge < -0.3 is 99.5 Å². The van der Waals surface area contributed by atoms with E-state index in [4.69, 9.17) is 99.5 Å². The lowest BCUT2D eigenvalue weighted by molar-refractivity contribution is -0.173. The highest BCUT2D eigenvalue weighted by atomic mass is 16.7. The Bertz CT molecular complexity index is 5350. The zero-order chi connectivity index (χ0) is 107. The van der Waals surface area contributed by atoms with E-state index in [1.165, 1.54) is 28.1 Å². The van der Waals surface area contributed by atoms with Crippen LogP contribution in [0.2, 0.25) is 0 Å². The lowest BCUT2D eigenvalue weighted by Gasteiger charge is -2.45. The molecule has 8 aliphatic carbocycles. The Balaban J connectivity index is 0.000000158. The van der Waals surface area contributed by atoms with Crippen molar-refractivity contribution < 1.29 is 195 Å². The second kappa shape index (κ2) is 43.8. The molecule has 0 N–H and O–H groups in total. The minimum atomic E-state index is -1.06. The normalized spacial score (nSPS) is 36.5. The van der Waals surface area contributed by atoms with Crippen LogP contribution in [0.4, 0.5) is 0 Å². The molecule has 42 heteroatoms. The number of esters is 20. The second-order valence-corrected chi connectivity index (χ2v) is 41.1. The molecule has 0 radical (unpaired) electrons. The summed E-state index contributed by atoms with van der Waals surface area (Å²) in [6, 6.07) is 2.08. The van der Waals surface area contributed by atoms with E-state index < -0.39 is 184 Å². The van der Waals surface area contributed by atoms with Crippen LogP contribution in [0.25, 0.3) is 0 Å². The maximum Gasteiger partial charge on any atom is 0.344 e. The predicted octanol–water partition coefficient (Wildman–Crippen LogP) is 7.21. The van der Waals surface area contributed by atoms with Crippen molar-refractivity contribution in [2.45, 2.75) is 270 Å². The van der Waals surface area contributed by atoms with Gasteiger partial charge in [-0.3, -0.25) is 47.9 Å². The maximum atomic E-state index is 12.1. The van der Waals surface area contributed by atoms with Crippen LogP contribution in [-0.2, 0) is 195 Å². The molecule has 11 heterocycles. The molecule has 31 unspecified atom stereocenters. The van der Waals surface area contributed by atoms with Crippen molar-refractivity contribution in [2.24, 2.45) is 93.7 Å². The smallest absolute Gasteiger partial charge is 0.344 e. The van der Waals surface area contributed by atoms with Crippen molar-refractivity contribution in [1.29, 1.82) is 5.26 Å². The second-order valence-electron chi connectivity index (χ2n) is 41.1. The van der Waals surface area contributed by atoms with Gasteiger partial charge in [-0.1, -0.05) is 59.6 Å². The fourth-order valence-corrected chi connectivity index (χ4v) is 22.1. The van der Waals surface area contributed by atoms with E-state index in [0.717, 1.165) is 19.3 Å². The van der Waals surface area contributed by atoms with Gasteiger partial charge in [-0.25, -0.2) is 47.9 Å². The molecule has 8 saturated carbocycles. The standard InChI is InChI=1S/C16H18O8.C15H15NO6.C14H16O6.C14H18O4.C12H14O5.C11H16O4.2C10H14O4/c1-6(2)14(18)22-5-9(17)23-12-7-4-8-11(10(7)15(19)21-3)16(20)24-13(8)12;1-7(2)13(18)20-5-10(17)21-11-8-3-9-12(11)22-14(19)15(9,4-8)6-16;1-6(2)11(15)20-14-4-7-8(5-14)19-12(16)9(7)10(14)13(17)18-3;1-8(2)12(15)18-14-5-9-3-10(6-14)13(16)17-11(4-9)7-14;1-5(2)11(13)17-8-3-7-9-6(10(8)16-7)4-15-12(9)14;1-7(2)9(12)15-6-11(4)8(3)5-14-10(11)13;2*1-6(2)9(12)14-10(4)5-8(11)13-7(10)3/h7-8,10-13H,1,4-5H2,2-3H3;8-9,11-12H,1,3-5H2,2H3;7-10H,1,4-5H2,2-3H3;9-11H,1,3-7H2,2H3;6-10H,1,3-4H2,2H3;8H,1,5-6H2,2-4H3;2*7H,1,5H2,2-4H3. The average molecular weight is 2020 g/mol. The number of carbonyl (C=O) groups is 20. The van der Waals surface area contributed by atoms with Gasteiger partial charge in [0, 0.05) is 112 Å². The van der Waals surface area contributed by atoms with E-state index in [1.54, 1.807) is 76.2 Å². The van der Waals surface area contributed by atoms with Crippen molar-refractivity contribution in [3.63, 3.8) is 0 Å². The molecule has 19 aliphatic rings. The number of hydrogen-bond donors (Lipinski definition) is 0. The first kappa shape index (κ1) is 111. The molecule has 12 bridgehead atoms. The maximum absolute atomic E-state index is 12.1. The van der Waals surface area contributed by atoms with Gasteiger partial charge in [0.25, 0.3) is 0 Å². The fraction of sp³-hybridized carbons (Fsp3) is 0.637. The van der Waals surface area contributed by atoms with Crippen LogP contribution in [0.15, 0.2) is 97.2 Å². The Hall–Kier alpha value is -13.2. The number of fused-ring (bicyclic) bond motifs is 9. The SMILES string of the molecule is C=C(C)C(=O)OC1(C)CC(=O)OC1C.C=C(C)C(=O)OC1(C)CC(=O)OC1C.C=C(C)C(=O)OC12CC3CC(C1)OC(=O)C(C3)C2.C=C(C)C(=O)OC12CC3OC(=O)C(C3C1)C2C(=O)OC.C=C(C)C(=O)OC1CC2OC1C1COC(=O)C21.C=C(C)C(=O)OCC(=O)OC1C2CC3C1OC(=O)C3(C#N)C2.C=C(C)C(=O)OCC(=O)OC1C2CC3C1OC(=O)C3C2C(=O)OC.C=C(C)C(=O)OCC1(C)C(=O)OCC1C. The van der Waals surface area contributed by atoms with Crippen molar-refractivity contribution in [2.75, 3.05) is 47.3 Å². The Morgan fingerprint density at radius 1 is 0.431 bits per heavy atom. The summed E-state index contributed by atoms with van der Waals surface area (Å²) in [5.41, 5.74) is -2.59. The third kappa shape index (κ3) is 23.1. The van der Waals surface area contributed by atoms with Crippen LogP contribution < -0.4 is 0 Å². The highest BCUT2D eigenvalue weighted by Crippen LogP contribution is 2.65. The summed E-state index contributed by atoms with van der Waals surface area (Å²) in [7, 11) is 2.52. The monoisotopic (exact) mass is 2020 g/mol.